The van der Waals surface area contributed by atoms with Gasteiger partial charge in [-0.15, -0.1) is 0 Å². The van der Waals surface area contributed by atoms with E-state index in [1.807, 2.05) is 0 Å². The van der Waals surface area contributed by atoms with E-state index in [1.54, 1.807) is 13.8 Å². The van der Waals surface area contributed by atoms with Gasteiger partial charge in [-0.25, -0.2) is 4.79 Å². The minimum Gasteiger partial charge on any atom is -0.490 e. The molecule has 0 atom stereocenters. The lowest BCUT2D eigenvalue weighted by atomic mass is 10.3. The summed E-state index contributed by atoms with van der Waals surface area (Å²) in [6.45, 7) is 3.90. The van der Waals surface area contributed by atoms with Gasteiger partial charge in [0.1, 0.15) is 5.75 Å². The Bertz CT molecular complexity index is 797. The van der Waals surface area contributed by atoms with E-state index in [-0.39, 0.29) is 36.3 Å². The molecule has 1 amide bonds. The summed E-state index contributed by atoms with van der Waals surface area (Å²) in [5, 5.41) is 12.7. The molecule has 1 aromatic heterocycles. The van der Waals surface area contributed by atoms with Crippen molar-refractivity contribution in [2.75, 3.05) is 18.5 Å². The summed E-state index contributed by atoms with van der Waals surface area (Å²) in [6.07, 6.45) is -1.03. The number of aromatic nitrogens is 1. The Morgan fingerprint density at radius 2 is 1.88 bits per heavy atom. The number of hydrogen-bond donors (Lipinski definition) is 1. The van der Waals surface area contributed by atoms with Crippen molar-refractivity contribution in [1.82, 2.24) is 4.98 Å². The number of nitrogens with one attached hydrogen (secondary N) is 1. The van der Waals surface area contributed by atoms with Crippen molar-refractivity contribution in [3.8, 4) is 17.4 Å². The highest BCUT2D eigenvalue weighted by molar-refractivity contribution is 5.85. The van der Waals surface area contributed by atoms with E-state index >= 15 is 0 Å². The van der Waals surface area contributed by atoms with Crippen LogP contribution in [0.4, 0.5) is 20.7 Å². The second-order valence-electron chi connectivity index (χ2n) is 4.75. The molecule has 138 valence electrons. The van der Waals surface area contributed by atoms with Gasteiger partial charge in [0.2, 0.25) is 11.7 Å². The minimum absolute atomic E-state index is 0.0412. The third-order valence-corrected chi connectivity index (χ3v) is 2.97. The molecule has 0 spiro atoms. The third kappa shape index (κ3) is 4.79. The molecule has 0 fully saturated rings. The number of nitro groups is 1. The fraction of sp³-hybridized carbons (Fsp3) is 0.250. The zero-order valence-electron chi connectivity index (χ0n) is 14.0. The summed E-state index contributed by atoms with van der Waals surface area (Å²) < 4.78 is 29.6. The van der Waals surface area contributed by atoms with Gasteiger partial charge in [0.15, 0.2) is 11.6 Å². The summed E-state index contributed by atoms with van der Waals surface area (Å²) in [4.78, 5) is 25.8. The van der Waals surface area contributed by atoms with Crippen molar-refractivity contribution < 1.29 is 28.3 Å². The molecule has 0 saturated carbocycles. The van der Waals surface area contributed by atoms with Gasteiger partial charge < -0.3 is 14.2 Å². The number of carbonyl (C=O) groups is 1. The fourth-order valence-corrected chi connectivity index (χ4v) is 1.91. The van der Waals surface area contributed by atoms with Crippen LogP contribution in [0.1, 0.15) is 13.8 Å². The first-order chi connectivity index (χ1) is 12.4. The van der Waals surface area contributed by atoms with Crippen molar-refractivity contribution >= 4 is 17.6 Å². The molecule has 1 aromatic carbocycles. The molecule has 2 rings (SSSR count). The normalized spacial score (nSPS) is 10.1. The number of hydrogen-bond acceptors (Lipinski definition) is 7. The standard InChI is InChI=1S/C16H16FN3O6/c1-3-24-12-9-13(25-4-2)18-15(14(12)17)19-16(21)26-11-7-5-10(6-8-11)20(22)23/h5-9H,3-4H2,1-2H3,(H,18,19,21). The minimum atomic E-state index is -1.03. The van der Waals surface area contributed by atoms with Crippen molar-refractivity contribution in [1.29, 1.82) is 0 Å². The summed E-state index contributed by atoms with van der Waals surface area (Å²) in [5.41, 5.74) is -0.156. The third-order valence-electron chi connectivity index (χ3n) is 2.97. The maximum absolute atomic E-state index is 14.3. The average Bonchev–Trinajstić information content (AvgIpc) is 2.59. The first kappa shape index (κ1) is 18.9. The van der Waals surface area contributed by atoms with Gasteiger partial charge in [0.05, 0.1) is 18.1 Å². The number of ether oxygens (including phenoxy) is 3. The molecule has 0 saturated heterocycles. The van der Waals surface area contributed by atoms with E-state index in [9.17, 15) is 19.3 Å². The van der Waals surface area contributed by atoms with E-state index in [0.29, 0.717) is 0 Å². The van der Waals surface area contributed by atoms with Gasteiger partial charge >= 0.3 is 6.09 Å². The molecule has 1 heterocycles. The summed E-state index contributed by atoms with van der Waals surface area (Å²) in [7, 11) is 0. The van der Waals surface area contributed by atoms with Crippen LogP contribution in [-0.4, -0.2) is 29.2 Å². The SMILES string of the molecule is CCOc1cc(OCC)c(F)c(NC(=O)Oc2ccc([N+](=O)[O-])cc2)n1. The van der Waals surface area contributed by atoms with Gasteiger partial charge in [-0.1, -0.05) is 0 Å². The second kappa shape index (κ2) is 8.60. The van der Waals surface area contributed by atoms with Crippen molar-refractivity contribution in [2.24, 2.45) is 0 Å². The van der Waals surface area contributed by atoms with Gasteiger partial charge in [-0.2, -0.15) is 9.37 Å². The lowest BCUT2D eigenvalue weighted by Gasteiger charge is -2.12. The summed E-state index contributed by atoms with van der Waals surface area (Å²) in [5.74, 6) is -1.32. The van der Waals surface area contributed by atoms with Crippen LogP contribution in [0.2, 0.25) is 0 Å². The molecule has 10 heteroatoms. The predicted molar refractivity (Wildman–Crippen MR) is 89.3 cm³/mol. The van der Waals surface area contributed by atoms with Crippen LogP contribution in [0.15, 0.2) is 30.3 Å². The highest BCUT2D eigenvalue weighted by Gasteiger charge is 2.18. The Morgan fingerprint density at radius 1 is 1.23 bits per heavy atom. The maximum atomic E-state index is 14.3. The molecular formula is C16H16FN3O6. The molecule has 0 radical (unpaired) electrons. The number of pyridine rings is 1. The van der Waals surface area contributed by atoms with Crippen molar-refractivity contribution in [3.63, 3.8) is 0 Å². The van der Waals surface area contributed by atoms with Crippen LogP contribution in [0.25, 0.3) is 0 Å². The van der Waals surface area contributed by atoms with E-state index in [0.717, 1.165) is 0 Å². The molecule has 0 aliphatic carbocycles. The van der Waals surface area contributed by atoms with E-state index in [1.165, 1.54) is 30.3 Å². The number of benzene rings is 1. The molecule has 1 N–H and O–H groups in total. The van der Waals surface area contributed by atoms with Crippen LogP contribution in [0.5, 0.6) is 17.4 Å². The largest absolute Gasteiger partial charge is 0.490 e. The number of halogens is 1. The first-order valence-electron chi connectivity index (χ1n) is 7.64. The summed E-state index contributed by atoms with van der Waals surface area (Å²) >= 11 is 0. The number of amides is 1. The highest BCUT2D eigenvalue weighted by atomic mass is 19.1. The fourth-order valence-electron chi connectivity index (χ4n) is 1.91. The first-order valence-corrected chi connectivity index (χ1v) is 7.64. The molecule has 26 heavy (non-hydrogen) atoms. The average molecular weight is 365 g/mol. The Kier molecular flexibility index (Phi) is 6.25. The number of anilines is 1. The zero-order chi connectivity index (χ0) is 19.1. The van der Waals surface area contributed by atoms with Crippen LogP contribution >= 0.6 is 0 Å². The van der Waals surface area contributed by atoms with Crippen molar-refractivity contribution in [3.05, 3.63) is 46.3 Å². The van der Waals surface area contributed by atoms with Gasteiger partial charge in [0, 0.05) is 18.2 Å². The number of rotatable bonds is 7. The van der Waals surface area contributed by atoms with Crippen LogP contribution in [-0.2, 0) is 0 Å². The highest BCUT2D eigenvalue weighted by Crippen LogP contribution is 2.28. The van der Waals surface area contributed by atoms with Gasteiger partial charge in [-0.3, -0.25) is 15.4 Å². The van der Waals surface area contributed by atoms with E-state index < -0.39 is 22.7 Å². The molecule has 0 unspecified atom stereocenters. The Morgan fingerprint density at radius 3 is 2.46 bits per heavy atom. The number of non-ortho nitro benzene ring substituents is 1. The van der Waals surface area contributed by atoms with E-state index in [4.69, 9.17) is 14.2 Å². The van der Waals surface area contributed by atoms with Crippen LogP contribution < -0.4 is 19.5 Å². The molecule has 9 nitrogen and oxygen atoms in total. The maximum Gasteiger partial charge on any atom is 0.418 e. The number of nitrogens with zero attached hydrogens (tertiary/aromatic N) is 2. The smallest absolute Gasteiger partial charge is 0.418 e. The molecular weight excluding hydrogens is 349 g/mol. The molecule has 0 bridgehead atoms. The topological polar surface area (TPSA) is 113 Å². The van der Waals surface area contributed by atoms with Crippen LogP contribution in [0, 0.1) is 15.9 Å². The Balaban J connectivity index is 2.15. The zero-order valence-corrected chi connectivity index (χ0v) is 14.0. The van der Waals surface area contributed by atoms with Gasteiger partial charge in [0.25, 0.3) is 5.69 Å². The lowest BCUT2D eigenvalue weighted by molar-refractivity contribution is -0.384. The quantitative estimate of drug-likeness (QED) is 0.590. The Labute approximate surface area is 147 Å². The van der Waals surface area contributed by atoms with E-state index in [2.05, 4.69) is 10.3 Å². The van der Waals surface area contributed by atoms with Crippen LogP contribution in [0.3, 0.4) is 0 Å². The number of carbonyl (C=O) groups excluding carboxylic acids is 1. The Hall–Kier alpha value is -3.43. The lowest BCUT2D eigenvalue weighted by Crippen LogP contribution is -2.19. The second-order valence-corrected chi connectivity index (χ2v) is 4.75. The summed E-state index contributed by atoms with van der Waals surface area (Å²) in [6, 6.07) is 6.09. The molecule has 0 aliphatic rings. The molecule has 2 aromatic rings. The molecule has 0 aliphatic heterocycles. The van der Waals surface area contributed by atoms with Crippen molar-refractivity contribution in [2.45, 2.75) is 13.8 Å². The van der Waals surface area contributed by atoms with Gasteiger partial charge in [-0.05, 0) is 26.0 Å². The number of nitro benzene ring substituents is 1. The monoisotopic (exact) mass is 365 g/mol. The predicted octanol–water partition coefficient (Wildman–Crippen LogP) is 3.54.